The lowest BCUT2D eigenvalue weighted by molar-refractivity contribution is -0.125. The number of aromatic nitrogens is 2. The average Bonchev–Trinajstić information content (AvgIpc) is 3.31. The van der Waals surface area contributed by atoms with Crippen LogP contribution in [0, 0.1) is 12.8 Å². The summed E-state index contributed by atoms with van der Waals surface area (Å²) in [5, 5.41) is 11.9. The SMILES string of the molecule is Cc1ccc(-c2ccc(N3CCC[C@@H](C(=O)NCc4ccc5c(c4)OCO5)C3)nn2)cc1. The number of benzene rings is 2. The van der Waals surface area contributed by atoms with Gasteiger partial charge in [-0.15, -0.1) is 10.2 Å². The Labute approximate surface area is 187 Å². The molecule has 3 heterocycles. The van der Waals surface area contributed by atoms with Crippen LogP contribution in [0.4, 0.5) is 5.82 Å². The molecule has 7 heteroatoms. The van der Waals surface area contributed by atoms with Crippen molar-refractivity contribution in [3.05, 3.63) is 65.7 Å². The fourth-order valence-corrected chi connectivity index (χ4v) is 4.16. The lowest BCUT2D eigenvalue weighted by Gasteiger charge is -2.32. The van der Waals surface area contributed by atoms with Crippen molar-refractivity contribution >= 4 is 11.7 Å². The molecule has 0 spiro atoms. The van der Waals surface area contributed by atoms with Gasteiger partial charge in [-0.1, -0.05) is 35.9 Å². The van der Waals surface area contributed by atoms with Crippen LogP contribution in [0.5, 0.6) is 11.5 Å². The molecule has 1 atom stereocenters. The van der Waals surface area contributed by atoms with Gasteiger partial charge >= 0.3 is 0 Å². The van der Waals surface area contributed by atoms with Crippen LogP contribution in [-0.2, 0) is 11.3 Å². The molecule has 1 fully saturated rings. The first kappa shape index (κ1) is 20.3. The third-order valence-electron chi connectivity index (χ3n) is 6.02. The molecule has 3 aromatic rings. The first-order chi connectivity index (χ1) is 15.7. The van der Waals surface area contributed by atoms with Crippen molar-refractivity contribution < 1.29 is 14.3 Å². The first-order valence-electron chi connectivity index (χ1n) is 11.0. The normalized spacial score (nSPS) is 17.3. The lowest BCUT2D eigenvalue weighted by atomic mass is 9.97. The Morgan fingerprint density at radius 1 is 1.06 bits per heavy atom. The number of fused-ring (bicyclic) bond motifs is 1. The van der Waals surface area contributed by atoms with Gasteiger partial charge in [0, 0.05) is 25.2 Å². The van der Waals surface area contributed by atoms with Crippen LogP contribution >= 0.6 is 0 Å². The molecule has 0 saturated carbocycles. The van der Waals surface area contributed by atoms with Crippen LogP contribution in [0.3, 0.4) is 0 Å². The number of hydrogen-bond acceptors (Lipinski definition) is 6. The molecular formula is C25H26N4O3. The Kier molecular flexibility index (Phi) is 5.62. The van der Waals surface area contributed by atoms with Crippen molar-refractivity contribution in [2.24, 2.45) is 5.92 Å². The maximum absolute atomic E-state index is 12.8. The zero-order valence-corrected chi connectivity index (χ0v) is 18.1. The van der Waals surface area contributed by atoms with E-state index in [-0.39, 0.29) is 18.6 Å². The summed E-state index contributed by atoms with van der Waals surface area (Å²) in [5.74, 6) is 2.29. The molecule has 164 valence electrons. The monoisotopic (exact) mass is 430 g/mol. The molecule has 1 saturated heterocycles. The van der Waals surface area contributed by atoms with Gasteiger partial charge in [0.25, 0.3) is 0 Å². The molecule has 5 rings (SSSR count). The third-order valence-corrected chi connectivity index (χ3v) is 6.02. The van der Waals surface area contributed by atoms with Crippen LogP contribution < -0.4 is 19.7 Å². The van der Waals surface area contributed by atoms with E-state index in [1.807, 2.05) is 30.3 Å². The van der Waals surface area contributed by atoms with Crippen molar-refractivity contribution in [1.29, 1.82) is 0 Å². The molecule has 2 aliphatic heterocycles. The lowest BCUT2D eigenvalue weighted by Crippen LogP contribution is -2.43. The number of carbonyl (C=O) groups excluding carboxylic acids is 1. The summed E-state index contributed by atoms with van der Waals surface area (Å²) in [6.07, 6.45) is 1.82. The number of nitrogens with zero attached hydrogens (tertiary/aromatic N) is 3. The molecule has 2 aromatic carbocycles. The second kappa shape index (κ2) is 8.86. The Morgan fingerprint density at radius 2 is 1.91 bits per heavy atom. The zero-order chi connectivity index (χ0) is 21.9. The Bertz CT molecular complexity index is 1100. The highest BCUT2D eigenvalue weighted by molar-refractivity contribution is 5.79. The third kappa shape index (κ3) is 4.37. The Morgan fingerprint density at radius 3 is 2.72 bits per heavy atom. The van der Waals surface area contributed by atoms with E-state index in [0.717, 1.165) is 53.5 Å². The van der Waals surface area contributed by atoms with Gasteiger partial charge in [0.05, 0.1) is 11.6 Å². The maximum atomic E-state index is 12.8. The zero-order valence-electron chi connectivity index (χ0n) is 18.1. The number of nitrogens with one attached hydrogen (secondary N) is 1. The van der Waals surface area contributed by atoms with E-state index in [2.05, 4.69) is 51.6 Å². The molecule has 7 nitrogen and oxygen atoms in total. The minimum absolute atomic E-state index is 0.0663. The number of piperidine rings is 1. The molecule has 1 N–H and O–H groups in total. The van der Waals surface area contributed by atoms with E-state index in [0.29, 0.717) is 13.1 Å². The van der Waals surface area contributed by atoms with Crippen LogP contribution in [0.25, 0.3) is 11.3 Å². The van der Waals surface area contributed by atoms with E-state index in [4.69, 9.17) is 9.47 Å². The summed E-state index contributed by atoms with van der Waals surface area (Å²) in [5.41, 5.74) is 4.11. The first-order valence-corrected chi connectivity index (χ1v) is 11.0. The summed E-state index contributed by atoms with van der Waals surface area (Å²) in [6.45, 7) is 4.31. The predicted molar refractivity (Wildman–Crippen MR) is 122 cm³/mol. The number of hydrogen-bond donors (Lipinski definition) is 1. The highest BCUT2D eigenvalue weighted by atomic mass is 16.7. The second-order valence-electron chi connectivity index (χ2n) is 8.33. The average molecular weight is 431 g/mol. The van der Waals surface area contributed by atoms with Gasteiger partial charge in [0.15, 0.2) is 17.3 Å². The van der Waals surface area contributed by atoms with Gasteiger partial charge in [-0.2, -0.15) is 0 Å². The van der Waals surface area contributed by atoms with E-state index >= 15 is 0 Å². The van der Waals surface area contributed by atoms with E-state index in [1.54, 1.807) is 0 Å². The Hall–Kier alpha value is -3.61. The molecule has 0 unspecified atom stereocenters. The van der Waals surface area contributed by atoms with Crippen molar-refractivity contribution in [2.45, 2.75) is 26.3 Å². The number of ether oxygens (including phenoxy) is 2. The molecule has 1 aromatic heterocycles. The molecule has 2 aliphatic rings. The van der Waals surface area contributed by atoms with Crippen LogP contribution in [0.1, 0.15) is 24.0 Å². The standard InChI is InChI=1S/C25H26N4O3/c1-17-4-7-19(8-5-17)21-9-11-24(28-27-21)29-12-2-3-20(15-29)25(30)26-14-18-6-10-22-23(13-18)32-16-31-22/h4-11,13,20H,2-3,12,14-16H2,1H3,(H,26,30)/t20-/m1/s1. The summed E-state index contributed by atoms with van der Waals surface area (Å²) < 4.78 is 10.8. The van der Waals surface area contributed by atoms with Gasteiger partial charge < -0.3 is 19.7 Å². The minimum Gasteiger partial charge on any atom is -0.454 e. The highest BCUT2D eigenvalue weighted by Gasteiger charge is 2.26. The van der Waals surface area contributed by atoms with E-state index in [1.165, 1.54) is 5.56 Å². The van der Waals surface area contributed by atoms with E-state index < -0.39 is 0 Å². The fraction of sp³-hybridized carbons (Fsp3) is 0.320. The van der Waals surface area contributed by atoms with Crippen molar-refractivity contribution in [3.63, 3.8) is 0 Å². The smallest absolute Gasteiger partial charge is 0.231 e. The largest absolute Gasteiger partial charge is 0.454 e. The number of aryl methyl sites for hydroxylation is 1. The fourth-order valence-electron chi connectivity index (χ4n) is 4.16. The second-order valence-corrected chi connectivity index (χ2v) is 8.33. The number of amides is 1. The van der Waals surface area contributed by atoms with Gasteiger partial charge in [0.1, 0.15) is 0 Å². The quantitative estimate of drug-likeness (QED) is 0.665. The molecule has 0 bridgehead atoms. The number of rotatable bonds is 5. The van der Waals surface area contributed by atoms with Gasteiger partial charge in [-0.05, 0) is 49.6 Å². The van der Waals surface area contributed by atoms with Crippen molar-refractivity contribution in [2.75, 3.05) is 24.8 Å². The van der Waals surface area contributed by atoms with Crippen molar-refractivity contribution in [3.8, 4) is 22.8 Å². The number of carbonyl (C=O) groups is 1. The molecule has 32 heavy (non-hydrogen) atoms. The molecule has 0 radical (unpaired) electrons. The summed E-state index contributed by atoms with van der Waals surface area (Å²) in [7, 11) is 0. The van der Waals surface area contributed by atoms with Crippen LogP contribution in [0.2, 0.25) is 0 Å². The topological polar surface area (TPSA) is 76.6 Å². The van der Waals surface area contributed by atoms with Crippen molar-refractivity contribution in [1.82, 2.24) is 15.5 Å². The number of anilines is 1. The molecule has 1 amide bonds. The summed E-state index contributed by atoms with van der Waals surface area (Å²) >= 11 is 0. The highest BCUT2D eigenvalue weighted by Crippen LogP contribution is 2.32. The van der Waals surface area contributed by atoms with Crippen LogP contribution in [-0.4, -0.2) is 36.0 Å². The van der Waals surface area contributed by atoms with E-state index in [9.17, 15) is 4.79 Å². The maximum Gasteiger partial charge on any atom is 0.231 e. The Balaban J connectivity index is 1.19. The van der Waals surface area contributed by atoms with Gasteiger partial charge in [-0.25, -0.2) is 0 Å². The van der Waals surface area contributed by atoms with Gasteiger partial charge in [0.2, 0.25) is 12.7 Å². The minimum atomic E-state index is -0.0728. The van der Waals surface area contributed by atoms with Crippen LogP contribution in [0.15, 0.2) is 54.6 Å². The van der Waals surface area contributed by atoms with Gasteiger partial charge in [-0.3, -0.25) is 4.79 Å². The summed E-state index contributed by atoms with van der Waals surface area (Å²) in [4.78, 5) is 15.0. The molecular weight excluding hydrogens is 404 g/mol. The summed E-state index contributed by atoms with van der Waals surface area (Å²) in [6, 6.07) is 18.0. The molecule has 0 aliphatic carbocycles. The predicted octanol–water partition coefficient (Wildman–Crippen LogP) is 3.71.